The second-order valence-electron chi connectivity index (χ2n) is 5.82. The van der Waals surface area contributed by atoms with Crippen LogP contribution in [0.25, 0.3) is 0 Å². The Morgan fingerprint density at radius 2 is 2.06 bits per heavy atom. The Kier molecular flexibility index (Phi) is 3.24. The van der Waals surface area contributed by atoms with E-state index in [-0.39, 0.29) is 5.91 Å². The van der Waals surface area contributed by atoms with Gasteiger partial charge in [0.2, 0.25) is 5.91 Å². The molecule has 0 radical (unpaired) electrons. The van der Waals surface area contributed by atoms with E-state index in [1.165, 1.54) is 19.3 Å². The van der Waals surface area contributed by atoms with Gasteiger partial charge in [-0.05, 0) is 43.6 Å². The molecule has 0 aliphatic heterocycles. The minimum absolute atomic E-state index is 0.146. The summed E-state index contributed by atoms with van der Waals surface area (Å²) < 4.78 is 0. The van der Waals surface area contributed by atoms with Gasteiger partial charge in [0.1, 0.15) is 5.54 Å². The van der Waals surface area contributed by atoms with Crippen molar-refractivity contribution in [2.75, 3.05) is 6.54 Å². The SMILES string of the molecule is CC1CCCC(NCC2CC2)(C(N)=O)C1C. The van der Waals surface area contributed by atoms with E-state index in [1.807, 2.05) is 0 Å². The highest BCUT2D eigenvalue weighted by molar-refractivity contribution is 5.85. The minimum atomic E-state index is -0.430. The lowest BCUT2D eigenvalue weighted by Crippen LogP contribution is -2.62. The molecule has 0 spiro atoms. The van der Waals surface area contributed by atoms with Crippen molar-refractivity contribution in [3.05, 3.63) is 0 Å². The molecule has 3 unspecified atom stereocenters. The first-order chi connectivity index (χ1) is 7.56. The van der Waals surface area contributed by atoms with Crippen molar-refractivity contribution in [3.8, 4) is 0 Å². The van der Waals surface area contributed by atoms with Crippen LogP contribution in [0.3, 0.4) is 0 Å². The first kappa shape index (κ1) is 11.9. The molecule has 0 aromatic carbocycles. The molecule has 2 fully saturated rings. The zero-order chi connectivity index (χ0) is 11.8. The minimum Gasteiger partial charge on any atom is -0.368 e. The summed E-state index contributed by atoms with van der Waals surface area (Å²) in [5.74, 6) is 1.60. The number of amides is 1. The molecule has 16 heavy (non-hydrogen) atoms. The van der Waals surface area contributed by atoms with Crippen molar-refractivity contribution >= 4 is 5.91 Å². The number of carbonyl (C=O) groups is 1. The molecule has 2 aliphatic carbocycles. The molecule has 1 amide bonds. The van der Waals surface area contributed by atoms with Crippen LogP contribution in [0.15, 0.2) is 0 Å². The molecule has 3 heteroatoms. The molecule has 0 saturated heterocycles. The zero-order valence-electron chi connectivity index (χ0n) is 10.5. The van der Waals surface area contributed by atoms with E-state index in [4.69, 9.17) is 5.73 Å². The van der Waals surface area contributed by atoms with E-state index in [0.29, 0.717) is 11.8 Å². The zero-order valence-corrected chi connectivity index (χ0v) is 10.5. The van der Waals surface area contributed by atoms with Gasteiger partial charge in [0, 0.05) is 0 Å². The van der Waals surface area contributed by atoms with Crippen LogP contribution in [0.4, 0.5) is 0 Å². The fourth-order valence-corrected chi connectivity index (χ4v) is 3.00. The lowest BCUT2D eigenvalue weighted by Gasteiger charge is -2.44. The highest BCUT2D eigenvalue weighted by atomic mass is 16.1. The van der Waals surface area contributed by atoms with Crippen molar-refractivity contribution in [2.24, 2.45) is 23.5 Å². The summed E-state index contributed by atoms with van der Waals surface area (Å²) in [7, 11) is 0. The van der Waals surface area contributed by atoms with Gasteiger partial charge in [0.15, 0.2) is 0 Å². The van der Waals surface area contributed by atoms with Gasteiger partial charge in [-0.15, -0.1) is 0 Å². The standard InChI is InChI=1S/C13H24N2O/c1-9-4-3-7-13(10(9)2,12(14)16)15-8-11-5-6-11/h9-11,15H,3-8H2,1-2H3,(H2,14,16). The summed E-state index contributed by atoms with van der Waals surface area (Å²) >= 11 is 0. The lowest BCUT2D eigenvalue weighted by molar-refractivity contribution is -0.129. The van der Waals surface area contributed by atoms with Crippen LogP contribution >= 0.6 is 0 Å². The second kappa shape index (κ2) is 4.36. The summed E-state index contributed by atoms with van der Waals surface area (Å²) in [5.41, 5.74) is 5.23. The van der Waals surface area contributed by atoms with Crippen LogP contribution in [-0.4, -0.2) is 18.0 Å². The van der Waals surface area contributed by atoms with E-state index >= 15 is 0 Å². The fraction of sp³-hybridized carbons (Fsp3) is 0.923. The molecule has 0 aromatic rings. The van der Waals surface area contributed by atoms with Gasteiger partial charge < -0.3 is 11.1 Å². The third-order valence-electron chi connectivity index (χ3n) is 4.70. The first-order valence-electron chi connectivity index (χ1n) is 6.61. The predicted molar refractivity (Wildman–Crippen MR) is 64.8 cm³/mol. The third-order valence-corrected chi connectivity index (χ3v) is 4.70. The maximum Gasteiger partial charge on any atom is 0.238 e. The van der Waals surface area contributed by atoms with Gasteiger partial charge in [-0.3, -0.25) is 4.79 Å². The van der Waals surface area contributed by atoms with Crippen LogP contribution in [-0.2, 0) is 4.79 Å². The maximum absolute atomic E-state index is 11.8. The van der Waals surface area contributed by atoms with Crippen LogP contribution in [0.5, 0.6) is 0 Å². The van der Waals surface area contributed by atoms with Gasteiger partial charge >= 0.3 is 0 Å². The van der Waals surface area contributed by atoms with E-state index in [0.717, 1.165) is 25.3 Å². The molecule has 3 N–H and O–H groups in total. The largest absolute Gasteiger partial charge is 0.368 e. The van der Waals surface area contributed by atoms with Crippen molar-refractivity contribution in [2.45, 2.75) is 51.5 Å². The van der Waals surface area contributed by atoms with Crippen LogP contribution in [0, 0.1) is 17.8 Å². The predicted octanol–water partition coefficient (Wildman–Crippen LogP) is 1.67. The molecule has 0 heterocycles. The first-order valence-corrected chi connectivity index (χ1v) is 6.61. The number of carbonyl (C=O) groups excluding carboxylic acids is 1. The molecular weight excluding hydrogens is 200 g/mol. The van der Waals surface area contributed by atoms with Crippen molar-refractivity contribution in [3.63, 3.8) is 0 Å². The van der Waals surface area contributed by atoms with Crippen LogP contribution in [0.1, 0.15) is 46.0 Å². The quantitative estimate of drug-likeness (QED) is 0.763. The molecule has 0 aromatic heterocycles. The molecule has 92 valence electrons. The van der Waals surface area contributed by atoms with E-state index in [9.17, 15) is 4.79 Å². The normalized spacial score (nSPS) is 39.6. The van der Waals surface area contributed by atoms with Gasteiger partial charge in [-0.2, -0.15) is 0 Å². The smallest absolute Gasteiger partial charge is 0.238 e. The average molecular weight is 224 g/mol. The number of hydrogen-bond donors (Lipinski definition) is 2. The van der Waals surface area contributed by atoms with E-state index in [2.05, 4.69) is 19.2 Å². The fourth-order valence-electron chi connectivity index (χ4n) is 3.00. The summed E-state index contributed by atoms with van der Waals surface area (Å²) in [6.07, 6.45) is 5.88. The summed E-state index contributed by atoms with van der Waals surface area (Å²) in [5, 5.41) is 3.50. The number of hydrogen-bond acceptors (Lipinski definition) is 2. The highest BCUT2D eigenvalue weighted by Gasteiger charge is 2.46. The molecule has 0 bridgehead atoms. The Bertz CT molecular complexity index is 275. The molecule has 3 atom stereocenters. The van der Waals surface area contributed by atoms with E-state index in [1.54, 1.807) is 0 Å². The summed E-state index contributed by atoms with van der Waals surface area (Å²) in [4.78, 5) is 11.8. The molecular formula is C13H24N2O. The Hall–Kier alpha value is -0.570. The van der Waals surface area contributed by atoms with Crippen LogP contribution in [0.2, 0.25) is 0 Å². The number of rotatable bonds is 4. The van der Waals surface area contributed by atoms with Gasteiger partial charge in [0.25, 0.3) is 0 Å². The Morgan fingerprint density at radius 1 is 1.38 bits per heavy atom. The second-order valence-corrected chi connectivity index (χ2v) is 5.82. The number of primary amides is 1. The topological polar surface area (TPSA) is 55.1 Å². The maximum atomic E-state index is 11.8. The third kappa shape index (κ3) is 2.10. The highest BCUT2D eigenvalue weighted by Crippen LogP contribution is 2.38. The molecule has 2 rings (SSSR count). The monoisotopic (exact) mass is 224 g/mol. The molecule has 2 aliphatic rings. The molecule has 2 saturated carbocycles. The number of nitrogens with two attached hydrogens (primary N) is 1. The molecule has 3 nitrogen and oxygen atoms in total. The van der Waals surface area contributed by atoms with E-state index < -0.39 is 5.54 Å². The van der Waals surface area contributed by atoms with Crippen molar-refractivity contribution in [1.29, 1.82) is 0 Å². The van der Waals surface area contributed by atoms with Crippen molar-refractivity contribution in [1.82, 2.24) is 5.32 Å². The summed E-state index contributed by atoms with van der Waals surface area (Å²) in [6, 6.07) is 0. The van der Waals surface area contributed by atoms with Crippen molar-refractivity contribution < 1.29 is 4.79 Å². The van der Waals surface area contributed by atoms with Gasteiger partial charge in [-0.1, -0.05) is 26.7 Å². The summed E-state index contributed by atoms with van der Waals surface area (Å²) in [6.45, 7) is 5.38. The van der Waals surface area contributed by atoms with Crippen LogP contribution < -0.4 is 11.1 Å². The van der Waals surface area contributed by atoms with Gasteiger partial charge in [0.05, 0.1) is 0 Å². The number of nitrogens with one attached hydrogen (secondary N) is 1. The Labute approximate surface area is 98.2 Å². The average Bonchev–Trinajstić information content (AvgIpc) is 3.04. The Morgan fingerprint density at radius 3 is 2.62 bits per heavy atom. The Balaban J connectivity index is 2.08. The van der Waals surface area contributed by atoms with Gasteiger partial charge in [-0.25, -0.2) is 0 Å². The lowest BCUT2D eigenvalue weighted by atomic mass is 9.68.